The second kappa shape index (κ2) is 8.02. The van der Waals surface area contributed by atoms with Crippen LogP contribution >= 0.6 is 11.3 Å². The molecule has 0 saturated carbocycles. The quantitative estimate of drug-likeness (QED) is 0.631. The van der Waals surface area contributed by atoms with E-state index in [1.54, 1.807) is 12.1 Å². The van der Waals surface area contributed by atoms with Crippen molar-refractivity contribution in [3.8, 4) is 17.2 Å². The Morgan fingerprint density at radius 2 is 1.87 bits per heavy atom. The number of aryl methyl sites for hydroxylation is 1. The van der Waals surface area contributed by atoms with Crippen molar-refractivity contribution in [3.63, 3.8) is 0 Å². The highest BCUT2D eigenvalue weighted by atomic mass is 32.1. The van der Waals surface area contributed by atoms with Gasteiger partial charge in [0.05, 0.1) is 27.0 Å². The molecule has 1 unspecified atom stereocenters. The summed E-state index contributed by atoms with van der Waals surface area (Å²) in [6.07, 6.45) is 3.11. The maximum absolute atomic E-state index is 13.0. The first-order chi connectivity index (χ1) is 14.4. The van der Waals surface area contributed by atoms with Gasteiger partial charge in [0.1, 0.15) is 9.71 Å². The lowest BCUT2D eigenvalue weighted by Gasteiger charge is -2.20. The highest BCUT2D eigenvalue weighted by Crippen LogP contribution is 2.41. The molecule has 2 aromatic heterocycles. The van der Waals surface area contributed by atoms with Crippen LogP contribution in [0.4, 0.5) is 11.4 Å². The Hall–Kier alpha value is -3.00. The van der Waals surface area contributed by atoms with Gasteiger partial charge in [0.15, 0.2) is 11.5 Å². The average molecular weight is 428 g/mol. The summed E-state index contributed by atoms with van der Waals surface area (Å²) in [4.78, 5) is 19.1. The second-order valence-electron chi connectivity index (χ2n) is 7.51. The monoisotopic (exact) mass is 427 g/mol. The molecular weight excluding hydrogens is 402 g/mol. The molecule has 0 bridgehead atoms. The Morgan fingerprint density at radius 3 is 2.50 bits per heavy atom. The summed E-state index contributed by atoms with van der Waals surface area (Å²) in [7, 11) is 4.59. The zero-order valence-electron chi connectivity index (χ0n) is 17.5. The van der Waals surface area contributed by atoms with Crippen LogP contribution in [0.1, 0.15) is 34.3 Å². The zero-order chi connectivity index (χ0) is 21.4. The number of nitrogens with two attached hydrogens (primary N) is 1. The number of hydrogen-bond donors (Lipinski definition) is 2. The number of carbonyl (C=O) groups excluding carboxylic acids is 1. The van der Waals surface area contributed by atoms with Crippen molar-refractivity contribution in [1.29, 1.82) is 0 Å². The molecule has 1 aromatic carbocycles. The molecule has 0 aliphatic heterocycles. The highest BCUT2D eigenvalue weighted by molar-refractivity contribution is 7.21. The standard InChI is InChI=1S/C22H25N3O4S/c1-11-5-6-15-12(7-11)8-14-18(23)20(30-22(14)25-15)21(26)24-13-9-16(27-2)19(29-4)17(10-13)28-3/h8-11H,5-7,23H2,1-4H3,(H,24,26). The third-order valence-corrected chi connectivity index (χ3v) is 6.57. The van der Waals surface area contributed by atoms with Crippen LogP contribution in [0.2, 0.25) is 0 Å². The van der Waals surface area contributed by atoms with Crippen LogP contribution in [-0.4, -0.2) is 32.2 Å². The molecule has 3 aromatic rings. The van der Waals surface area contributed by atoms with E-state index in [2.05, 4.69) is 18.3 Å². The van der Waals surface area contributed by atoms with E-state index in [-0.39, 0.29) is 5.91 Å². The number of methoxy groups -OCH3 is 3. The van der Waals surface area contributed by atoms with Crippen molar-refractivity contribution in [2.24, 2.45) is 5.92 Å². The van der Waals surface area contributed by atoms with Crippen molar-refractivity contribution in [2.75, 3.05) is 32.4 Å². The van der Waals surface area contributed by atoms with Gasteiger partial charge in [-0.15, -0.1) is 11.3 Å². The summed E-state index contributed by atoms with van der Waals surface area (Å²) in [5.41, 5.74) is 9.71. The largest absolute Gasteiger partial charge is 0.493 e. The van der Waals surface area contributed by atoms with E-state index in [4.69, 9.17) is 24.9 Å². The number of thiophene rings is 1. The van der Waals surface area contributed by atoms with Gasteiger partial charge in [-0.25, -0.2) is 4.98 Å². The number of nitrogens with zero attached hydrogens (tertiary/aromatic N) is 1. The minimum absolute atomic E-state index is 0.295. The molecule has 1 aliphatic carbocycles. The predicted octanol–water partition coefficient (Wildman–Crippen LogP) is 4.28. The van der Waals surface area contributed by atoms with Gasteiger partial charge in [0.2, 0.25) is 5.75 Å². The smallest absolute Gasteiger partial charge is 0.267 e. The molecule has 158 valence electrons. The van der Waals surface area contributed by atoms with Gasteiger partial charge >= 0.3 is 0 Å². The first-order valence-corrected chi connectivity index (χ1v) is 10.6. The van der Waals surface area contributed by atoms with Crippen molar-refractivity contribution in [2.45, 2.75) is 26.2 Å². The zero-order valence-corrected chi connectivity index (χ0v) is 18.3. The van der Waals surface area contributed by atoms with E-state index < -0.39 is 0 Å². The molecule has 2 heterocycles. The summed E-state index contributed by atoms with van der Waals surface area (Å²) in [6, 6.07) is 5.47. The van der Waals surface area contributed by atoms with E-state index in [1.165, 1.54) is 38.2 Å². The third kappa shape index (κ3) is 3.52. The maximum Gasteiger partial charge on any atom is 0.267 e. The fourth-order valence-corrected chi connectivity index (χ4v) is 4.87. The molecule has 1 amide bonds. The Balaban J connectivity index is 1.68. The normalized spacial score (nSPS) is 15.5. The van der Waals surface area contributed by atoms with Crippen LogP contribution in [-0.2, 0) is 12.8 Å². The van der Waals surface area contributed by atoms with Crippen molar-refractivity contribution >= 4 is 38.8 Å². The van der Waals surface area contributed by atoms with Gasteiger partial charge in [-0.1, -0.05) is 6.92 Å². The summed E-state index contributed by atoms with van der Waals surface area (Å²) in [6.45, 7) is 2.25. The number of rotatable bonds is 5. The number of ether oxygens (including phenoxy) is 3. The average Bonchev–Trinajstić information content (AvgIpc) is 3.07. The maximum atomic E-state index is 13.0. The Bertz CT molecular complexity index is 1100. The number of amides is 1. The van der Waals surface area contributed by atoms with Crippen molar-refractivity contribution in [3.05, 3.63) is 34.3 Å². The minimum Gasteiger partial charge on any atom is -0.493 e. The Kier molecular flexibility index (Phi) is 5.42. The summed E-state index contributed by atoms with van der Waals surface area (Å²) >= 11 is 1.32. The molecule has 1 aliphatic rings. The van der Waals surface area contributed by atoms with Crippen molar-refractivity contribution < 1.29 is 19.0 Å². The van der Waals surface area contributed by atoms with E-state index in [9.17, 15) is 4.79 Å². The number of fused-ring (bicyclic) bond motifs is 2. The highest BCUT2D eigenvalue weighted by Gasteiger charge is 2.23. The lowest BCUT2D eigenvalue weighted by atomic mass is 9.87. The van der Waals surface area contributed by atoms with Gasteiger partial charge in [-0.2, -0.15) is 0 Å². The molecule has 7 nitrogen and oxygen atoms in total. The van der Waals surface area contributed by atoms with E-state index in [0.717, 1.165) is 35.2 Å². The molecule has 0 radical (unpaired) electrons. The number of benzene rings is 1. The molecular formula is C22H25N3O4S. The Labute approximate surface area is 179 Å². The lowest BCUT2D eigenvalue weighted by Crippen LogP contribution is -2.13. The molecule has 1 atom stereocenters. The van der Waals surface area contributed by atoms with E-state index in [1.807, 2.05) is 0 Å². The minimum atomic E-state index is -0.295. The molecule has 4 rings (SSSR count). The van der Waals surface area contributed by atoms with Gasteiger partial charge in [0.25, 0.3) is 5.91 Å². The molecule has 0 fully saturated rings. The lowest BCUT2D eigenvalue weighted by molar-refractivity contribution is 0.103. The van der Waals surface area contributed by atoms with Gasteiger partial charge in [0, 0.05) is 28.9 Å². The predicted molar refractivity (Wildman–Crippen MR) is 119 cm³/mol. The number of carbonyl (C=O) groups is 1. The molecule has 30 heavy (non-hydrogen) atoms. The number of nitrogens with one attached hydrogen (secondary N) is 1. The van der Waals surface area contributed by atoms with E-state index in [0.29, 0.717) is 39.4 Å². The number of nitrogen functional groups attached to an aromatic ring is 1. The Morgan fingerprint density at radius 1 is 1.17 bits per heavy atom. The molecule has 0 saturated heterocycles. The van der Waals surface area contributed by atoms with Crippen LogP contribution in [0.3, 0.4) is 0 Å². The van der Waals surface area contributed by atoms with Crippen LogP contribution in [0, 0.1) is 5.92 Å². The van der Waals surface area contributed by atoms with Crippen LogP contribution in [0.5, 0.6) is 17.2 Å². The van der Waals surface area contributed by atoms with Gasteiger partial charge in [-0.05, 0) is 36.8 Å². The fraction of sp³-hybridized carbons (Fsp3) is 0.364. The SMILES string of the molecule is COc1cc(NC(=O)c2sc3nc4c(cc3c2N)CC(C)CC4)cc(OC)c1OC. The molecule has 8 heteroatoms. The molecule has 3 N–H and O–H groups in total. The third-order valence-electron chi connectivity index (χ3n) is 5.46. The molecule has 0 spiro atoms. The first kappa shape index (κ1) is 20.3. The van der Waals surface area contributed by atoms with Crippen LogP contribution in [0.25, 0.3) is 10.2 Å². The second-order valence-corrected chi connectivity index (χ2v) is 8.51. The fourth-order valence-electron chi connectivity index (χ4n) is 3.88. The first-order valence-electron chi connectivity index (χ1n) is 9.77. The van der Waals surface area contributed by atoms with Crippen LogP contribution < -0.4 is 25.3 Å². The summed E-state index contributed by atoms with van der Waals surface area (Å²) in [5.74, 6) is 1.72. The summed E-state index contributed by atoms with van der Waals surface area (Å²) in [5, 5.41) is 3.74. The van der Waals surface area contributed by atoms with Gasteiger partial charge < -0.3 is 25.3 Å². The van der Waals surface area contributed by atoms with Crippen molar-refractivity contribution in [1.82, 2.24) is 4.98 Å². The van der Waals surface area contributed by atoms with Crippen LogP contribution in [0.15, 0.2) is 18.2 Å². The summed E-state index contributed by atoms with van der Waals surface area (Å²) < 4.78 is 16.0. The number of aromatic nitrogens is 1. The number of hydrogen-bond acceptors (Lipinski definition) is 7. The number of pyridine rings is 1. The van der Waals surface area contributed by atoms with E-state index >= 15 is 0 Å². The van der Waals surface area contributed by atoms with Gasteiger partial charge in [-0.3, -0.25) is 4.79 Å². The topological polar surface area (TPSA) is 95.7 Å². The number of anilines is 2.